The molecule has 0 saturated heterocycles. The van der Waals surface area contributed by atoms with Gasteiger partial charge in [0.2, 0.25) is 0 Å². The van der Waals surface area contributed by atoms with Crippen LogP contribution in [0.5, 0.6) is 0 Å². The Labute approximate surface area is 130 Å². The van der Waals surface area contributed by atoms with Gasteiger partial charge in [0.25, 0.3) is 0 Å². The third-order valence-electron chi connectivity index (χ3n) is 6.80. The van der Waals surface area contributed by atoms with Crippen molar-refractivity contribution in [1.82, 2.24) is 0 Å². The molecular weight excluding hydrogens is 252 g/mol. The van der Waals surface area contributed by atoms with Gasteiger partial charge in [0.1, 0.15) is 0 Å². The third kappa shape index (κ3) is 2.26. The van der Waals surface area contributed by atoms with Crippen LogP contribution in [0.2, 0.25) is 0 Å². The molecular formula is C21H29. The molecule has 1 aromatic rings. The van der Waals surface area contributed by atoms with Crippen LogP contribution >= 0.6 is 0 Å². The lowest BCUT2D eigenvalue weighted by molar-refractivity contribution is 0.112. The number of hydrogen-bond acceptors (Lipinski definition) is 0. The van der Waals surface area contributed by atoms with E-state index in [-0.39, 0.29) is 0 Å². The second-order valence-electron chi connectivity index (χ2n) is 7.68. The second-order valence-corrected chi connectivity index (χ2v) is 7.68. The molecule has 0 amide bonds. The summed E-state index contributed by atoms with van der Waals surface area (Å²) in [7, 11) is 0. The Balaban J connectivity index is 1.68. The highest BCUT2D eigenvalue weighted by Crippen LogP contribution is 2.62. The van der Waals surface area contributed by atoms with Crippen molar-refractivity contribution in [2.45, 2.75) is 76.0 Å². The molecule has 1 radical (unpaired) electrons. The van der Waals surface area contributed by atoms with Gasteiger partial charge in [-0.2, -0.15) is 0 Å². The van der Waals surface area contributed by atoms with Crippen molar-refractivity contribution < 1.29 is 0 Å². The Morgan fingerprint density at radius 2 is 1.43 bits per heavy atom. The molecule has 3 aliphatic rings. The van der Waals surface area contributed by atoms with Crippen LogP contribution in [0.3, 0.4) is 0 Å². The highest BCUT2D eigenvalue weighted by Gasteiger charge is 2.55. The van der Waals surface area contributed by atoms with Crippen molar-refractivity contribution in [3.05, 3.63) is 41.8 Å². The lowest BCUT2D eigenvalue weighted by atomic mass is 9.46. The third-order valence-corrected chi connectivity index (χ3v) is 6.80. The molecule has 21 heavy (non-hydrogen) atoms. The van der Waals surface area contributed by atoms with Gasteiger partial charge in [-0.1, -0.05) is 62.4 Å². The van der Waals surface area contributed by atoms with Gasteiger partial charge in [-0.15, -0.1) is 0 Å². The summed E-state index contributed by atoms with van der Waals surface area (Å²) in [5.41, 5.74) is 2.14. The maximum absolute atomic E-state index is 2.43. The van der Waals surface area contributed by atoms with Crippen LogP contribution in [0.1, 0.15) is 76.2 Å². The van der Waals surface area contributed by atoms with E-state index < -0.39 is 0 Å². The zero-order chi connectivity index (χ0) is 14.1. The summed E-state index contributed by atoms with van der Waals surface area (Å²) < 4.78 is 0. The van der Waals surface area contributed by atoms with Gasteiger partial charge >= 0.3 is 0 Å². The minimum absolute atomic E-state index is 0.483. The fourth-order valence-corrected chi connectivity index (χ4v) is 5.74. The standard InChI is InChI=1S/C21H29/c1-3-11-18(12-4-1)21(19-13-5-2-6-14-19)16-15-20(21)17-9-7-8-10-17/h1,3-4,11-12,17,19H,2,5-10,13-16H2. The fourth-order valence-electron chi connectivity index (χ4n) is 5.74. The van der Waals surface area contributed by atoms with Gasteiger partial charge < -0.3 is 0 Å². The van der Waals surface area contributed by atoms with E-state index in [2.05, 4.69) is 30.3 Å². The normalized spacial score (nSPS) is 32.2. The molecule has 0 aliphatic heterocycles. The van der Waals surface area contributed by atoms with Crippen molar-refractivity contribution in [1.29, 1.82) is 0 Å². The van der Waals surface area contributed by atoms with Crippen molar-refractivity contribution in [2.75, 3.05) is 0 Å². The minimum Gasteiger partial charge on any atom is -0.0622 e. The van der Waals surface area contributed by atoms with Crippen molar-refractivity contribution >= 4 is 0 Å². The lowest BCUT2D eigenvalue weighted by Gasteiger charge is -2.58. The van der Waals surface area contributed by atoms with Crippen LogP contribution in [0.4, 0.5) is 0 Å². The molecule has 3 fully saturated rings. The summed E-state index contributed by atoms with van der Waals surface area (Å²) in [6.45, 7) is 0. The second kappa shape index (κ2) is 5.78. The van der Waals surface area contributed by atoms with Gasteiger partial charge in [0.05, 0.1) is 0 Å². The average molecular weight is 281 g/mol. The first-order valence-electron chi connectivity index (χ1n) is 9.33. The molecule has 1 aromatic carbocycles. The maximum atomic E-state index is 2.43. The van der Waals surface area contributed by atoms with Crippen LogP contribution in [0.25, 0.3) is 0 Å². The van der Waals surface area contributed by atoms with E-state index in [0.717, 1.165) is 11.8 Å². The molecule has 1 atom stereocenters. The molecule has 0 spiro atoms. The smallest absolute Gasteiger partial charge is 0.00462 e. The summed E-state index contributed by atoms with van der Waals surface area (Å²) in [5.74, 6) is 3.87. The molecule has 0 aromatic heterocycles. The first-order valence-corrected chi connectivity index (χ1v) is 9.33. The lowest BCUT2D eigenvalue weighted by Crippen LogP contribution is -2.51. The van der Waals surface area contributed by atoms with Crippen molar-refractivity contribution in [3.63, 3.8) is 0 Å². The molecule has 0 bridgehead atoms. The Morgan fingerprint density at radius 1 is 0.762 bits per heavy atom. The van der Waals surface area contributed by atoms with Crippen LogP contribution in [0.15, 0.2) is 30.3 Å². The Hall–Kier alpha value is -0.780. The van der Waals surface area contributed by atoms with Crippen molar-refractivity contribution in [3.8, 4) is 0 Å². The molecule has 1 unspecified atom stereocenters. The summed E-state index contributed by atoms with van der Waals surface area (Å²) in [5, 5.41) is 0. The minimum atomic E-state index is 0.483. The quantitative estimate of drug-likeness (QED) is 0.631. The van der Waals surface area contributed by atoms with E-state index in [1.807, 2.05) is 5.92 Å². The molecule has 113 valence electrons. The first-order chi connectivity index (χ1) is 10.4. The van der Waals surface area contributed by atoms with Gasteiger partial charge in [0, 0.05) is 5.41 Å². The van der Waals surface area contributed by atoms with Crippen molar-refractivity contribution in [2.24, 2.45) is 11.8 Å². The van der Waals surface area contributed by atoms with Gasteiger partial charge in [-0.25, -0.2) is 0 Å². The van der Waals surface area contributed by atoms with Gasteiger partial charge in [0.15, 0.2) is 0 Å². The average Bonchev–Trinajstić information content (AvgIpc) is 3.03. The van der Waals surface area contributed by atoms with E-state index >= 15 is 0 Å². The molecule has 0 heterocycles. The molecule has 3 aliphatic carbocycles. The van der Waals surface area contributed by atoms with Gasteiger partial charge in [-0.05, 0) is 61.8 Å². The highest BCUT2D eigenvalue weighted by atomic mass is 14.6. The SMILES string of the molecule is c1ccc(C2(C3CCCCC3)CC[C]2C2CCCC2)cc1. The number of rotatable bonds is 3. The number of hydrogen-bond donors (Lipinski definition) is 0. The monoisotopic (exact) mass is 281 g/mol. The van der Waals surface area contributed by atoms with E-state index in [1.165, 1.54) is 70.6 Å². The maximum Gasteiger partial charge on any atom is 0.00462 e. The predicted octanol–water partition coefficient (Wildman–Crippen LogP) is 6.06. The van der Waals surface area contributed by atoms with Crippen LogP contribution in [-0.2, 0) is 5.41 Å². The summed E-state index contributed by atoms with van der Waals surface area (Å²) in [4.78, 5) is 0. The van der Waals surface area contributed by atoms with Crippen LogP contribution in [0, 0.1) is 17.8 Å². The van der Waals surface area contributed by atoms with Gasteiger partial charge in [-0.3, -0.25) is 0 Å². The molecule has 0 N–H and O–H groups in total. The summed E-state index contributed by atoms with van der Waals surface area (Å²) >= 11 is 0. The number of benzene rings is 1. The Kier molecular flexibility index (Phi) is 3.81. The zero-order valence-corrected chi connectivity index (χ0v) is 13.3. The van der Waals surface area contributed by atoms with E-state index in [4.69, 9.17) is 0 Å². The van der Waals surface area contributed by atoms with Crippen LogP contribution in [-0.4, -0.2) is 0 Å². The molecule has 0 nitrogen and oxygen atoms in total. The topological polar surface area (TPSA) is 0 Å². The van der Waals surface area contributed by atoms with Crippen LogP contribution < -0.4 is 0 Å². The summed E-state index contributed by atoms with van der Waals surface area (Å²) in [6, 6.07) is 11.6. The van der Waals surface area contributed by atoms with E-state index in [1.54, 1.807) is 5.56 Å². The molecule has 4 rings (SSSR count). The Morgan fingerprint density at radius 3 is 2.05 bits per heavy atom. The largest absolute Gasteiger partial charge is 0.0622 e. The van der Waals surface area contributed by atoms with E-state index in [0.29, 0.717) is 5.41 Å². The molecule has 0 heteroatoms. The zero-order valence-electron chi connectivity index (χ0n) is 13.3. The first kappa shape index (κ1) is 13.9. The Bertz CT molecular complexity index is 450. The predicted molar refractivity (Wildman–Crippen MR) is 89.1 cm³/mol. The van der Waals surface area contributed by atoms with E-state index in [9.17, 15) is 0 Å². The summed E-state index contributed by atoms with van der Waals surface area (Å²) in [6.07, 6.45) is 16.1. The fraction of sp³-hybridized carbons (Fsp3) is 0.667. The molecule has 3 saturated carbocycles. The highest BCUT2D eigenvalue weighted by molar-refractivity contribution is 5.41.